The summed E-state index contributed by atoms with van der Waals surface area (Å²) in [6, 6.07) is 3.37. The van der Waals surface area contributed by atoms with Crippen LogP contribution in [0.1, 0.15) is 18.9 Å². The first-order valence-corrected chi connectivity index (χ1v) is 6.57. The summed E-state index contributed by atoms with van der Waals surface area (Å²) in [7, 11) is 0. The Hall–Kier alpha value is -1.49. The number of hydrogen-bond acceptors (Lipinski definition) is 2. The lowest BCUT2D eigenvalue weighted by Gasteiger charge is -2.17. The fourth-order valence-electron chi connectivity index (χ4n) is 2.42. The van der Waals surface area contributed by atoms with Gasteiger partial charge in [0.05, 0.1) is 6.04 Å². The van der Waals surface area contributed by atoms with Gasteiger partial charge in [0, 0.05) is 19.2 Å². The van der Waals surface area contributed by atoms with E-state index in [1.165, 1.54) is 12.1 Å². The molecule has 1 saturated heterocycles. The number of carbonyl (C=O) groups is 1. The van der Waals surface area contributed by atoms with E-state index in [4.69, 9.17) is 0 Å². The van der Waals surface area contributed by atoms with Crippen molar-refractivity contribution in [2.45, 2.75) is 25.8 Å². The average Bonchev–Trinajstić information content (AvgIpc) is 2.68. The van der Waals surface area contributed by atoms with E-state index in [9.17, 15) is 13.6 Å². The largest absolute Gasteiger partial charge is 0.341 e. The predicted octanol–water partition coefficient (Wildman–Crippen LogP) is 1.72. The summed E-state index contributed by atoms with van der Waals surface area (Å²) in [4.78, 5) is 13.7. The van der Waals surface area contributed by atoms with E-state index < -0.39 is 11.6 Å². The molecule has 0 spiro atoms. The zero-order chi connectivity index (χ0) is 13.8. The number of hydrogen-bond donors (Lipinski definition) is 1. The Morgan fingerprint density at radius 2 is 2.00 bits per heavy atom. The van der Waals surface area contributed by atoms with E-state index in [1.54, 1.807) is 4.90 Å². The molecule has 1 aromatic rings. The van der Waals surface area contributed by atoms with Gasteiger partial charge in [-0.2, -0.15) is 0 Å². The maximum Gasteiger partial charge on any atom is 0.239 e. The highest BCUT2D eigenvalue weighted by Gasteiger charge is 2.30. The molecule has 1 aliphatic rings. The van der Waals surface area contributed by atoms with E-state index >= 15 is 0 Å². The van der Waals surface area contributed by atoms with Gasteiger partial charge in [-0.05, 0) is 37.1 Å². The zero-order valence-corrected chi connectivity index (χ0v) is 11.0. The molecule has 0 aromatic heterocycles. The van der Waals surface area contributed by atoms with Gasteiger partial charge < -0.3 is 10.2 Å². The van der Waals surface area contributed by atoms with E-state index in [-0.39, 0.29) is 11.9 Å². The number of amides is 1. The van der Waals surface area contributed by atoms with E-state index in [0.717, 1.165) is 19.0 Å². The molecule has 1 N–H and O–H groups in total. The van der Waals surface area contributed by atoms with Gasteiger partial charge in [0.15, 0.2) is 0 Å². The molecule has 0 bridgehead atoms. The van der Waals surface area contributed by atoms with Crippen molar-refractivity contribution >= 4 is 5.91 Å². The van der Waals surface area contributed by atoms with Crippen molar-refractivity contribution in [3.8, 4) is 0 Å². The third-order valence-corrected chi connectivity index (χ3v) is 3.34. The molecule has 0 saturated carbocycles. The van der Waals surface area contributed by atoms with Crippen LogP contribution in [0.5, 0.6) is 0 Å². The van der Waals surface area contributed by atoms with Gasteiger partial charge in [-0.15, -0.1) is 0 Å². The lowest BCUT2D eigenvalue weighted by Crippen LogP contribution is -2.38. The second-order valence-corrected chi connectivity index (χ2v) is 4.75. The smallest absolute Gasteiger partial charge is 0.239 e. The molecule has 1 heterocycles. The van der Waals surface area contributed by atoms with Crippen molar-refractivity contribution < 1.29 is 13.6 Å². The van der Waals surface area contributed by atoms with Crippen LogP contribution in [-0.2, 0) is 11.2 Å². The summed E-state index contributed by atoms with van der Waals surface area (Å²) in [6.45, 7) is 3.93. The van der Waals surface area contributed by atoms with Crippen LogP contribution in [0.25, 0.3) is 0 Å². The summed E-state index contributed by atoms with van der Waals surface area (Å²) in [5, 5.41) is 3.13. The van der Waals surface area contributed by atoms with Gasteiger partial charge in [-0.25, -0.2) is 8.78 Å². The molecule has 1 aromatic carbocycles. The third kappa shape index (κ3) is 3.50. The summed E-state index contributed by atoms with van der Waals surface area (Å²) in [6.07, 6.45) is 1.27. The Balaban J connectivity index is 1.91. The molecule has 0 radical (unpaired) electrons. The lowest BCUT2D eigenvalue weighted by atomic mass is 10.1. The molecule has 2 rings (SSSR count). The number of benzene rings is 1. The molecule has 1 fully saturated rings. The quantitative estimate of drug-likeness (QED) is 0.882. The van der Waals surface area contributed by atoms with Gasteiger partial charge in [0.25, 0.3) is 0 Å². The summed E-state index contributed by atoms with van der Waals surface area (Å²) in [5.41, 5.74) is 0.581. The first kappa shape index (κ1) is 13.9. The second-order valence-electron chi connectivity index (χ2n) is 4.75. The number of halogens is 2. The summed E-state index contributed by atoms with van der Waals surface area (Å²) >= 11 is 0. The van der Waals surface area contributed by atoms with Crippen LogP contribution in [0.3, 0.4) is 0 Å². The van der Waals surface area contributed by atoms with Crippen LogP contribution in [0.15, 0.2) is 18.2 Å². The molecule has 0 aliphatic carbocycles. The summed E-state index contributed by atoms with van der Waals surface area (Å²) in [5.74, 6) is -1.07. The maximum absolute atomic E-state index is 13.0. The number of rotatable bonds is 5. The van der Waals surface area contributed by atoms with Crippen molar-refractivity contribution in [3.63, 3.8) is 0 Å². The fraction of sp³-hybridized carbons (Fsp3) is 0.500. The Kier molecular flexibility index (Phi) is 4.47. The Morgan fingerprint density at radius 1 is 1.32 bits per heavy atom. The highest BCUT2D eigenvalue weighted by atomic mass is 19.1. The van der Waals surface area contributed by atoms with Crippen LogP contribution in [0.2, 0.25) is 0 Å². The number of likely N-dealkylation sites (tertiary alicyclic amines) is 1. The zero-order valence-electron chi connectivity index (χ0n) is 11.0. The molecule has 1 aliphatic heterocycles. The standard InChI is InChI=1S/C14H18F2N2O/c1-2-17-13-4-6-18(14(13)19)5-3-10-7-11(15)9-12(16)8-10/h7-9,13,17H,2-6H2,1H3. The van der Waals surface area contributed by atoms with Crippen molar-refractivity contribution in [1.82, 2.24) is 10.2 Å². The second kappa shape index (κ2) is 6.10. The van der Waals surface area contributed by atoms with Crippen LogP contribution >= 0.6 is 0 Å². The van der Waals surface area contributed by atoms with Crippen molar-refractivity contribution in [1.29, 1.82) is 0 Å². The van der Waals surface area contributed by atoms with Gasteiger partial charge in [-0.3, -0.25) is 4.79 Å². The number of likely N-dealkylation sites (N-methyl/N-ethyl adjacent to an activating group) is 1. The highest BCUT2D eigenvalue weighted by Crippen LogP contribution is 2.14. The lowest BCUT2D eigenvalue weighted by molar-refractivity contribution is -0.129. The minimum atomic E-state index is -0.576. The molecule has 1 atom stereocenters. The molecule has 19 heavy (non-hydrogen) atoms. The van der Waals surface area contributed by atoms with Gasteiger partial charge >= 0.3 is 0 Å². The molecule has 3 nitrogen and oxygen atoms in total. The average molecular weight is 268 g/mol. The number of nitrogens with zero attached hydrogens (tertiary/aromatic N) is 1. The molecule has 5 heteroatoms. The predicted molar refractivity (Wildman–Crippen MR) is 68.7 cm³/mol. The molecular formula is C14H18F2N2O. The maximum atomic E-state index is 13.0. The topological polar surface area (TPSA) is 32.3 Å². The molecule has 104 valence electrons. The van der Waals surface area contributed by atoms with Gasteiger partial charge in [-0.1, -0.05) is 6.92 Å². The molecule has 1 amide bonds. The SMILES string of the molecule is CCNC1CCN(CCc2cc(F)cc(F)c2)C1=O. The van der Waals surface area contributed by atoms with Crippen LogP contribution < -0.4 is 5.32 Å². The van der Waals surface area contributed by atoms with E-state index in [0.29, 0.717) is 25.1 Å². The van der Waals surface area contributed by atoms with Gasteiger partial charge in [0.2, 0.25) is 5.91 Å². The van der Waals surface area contributed by atoms with Crippen LogP contribution in [0, 0.1) is 11.6 Å². The van der Waals surface area contributed by atoms with Crippen molar-refractivity contribution in [3.05, 3.63) is 35.4 Å². The van der Waals surface area contributed by atoms with Crippen LogP contribution in [-0.4, -0.2) is 36.5 Å². The van der Waals surface area contributed by atoms with Crippen molar-refractivity contribution in [2.24, 2.45) is 0 Å². The first-order chi connectivity index (χ1) is 9.10. The minimum Gasteiger partial charge on any atom is -0.341 e. The Labute approximate surface area is 111 Å². The van der Waals surface area contributed by atoms with E-state index in [1.807, 2.05) is 6.92 Å². The fourth-order valence-corrected chi connectivity index (χ4v) is 2.42. The Bertz CT molecular complexity index is 445. The van der Waals surface area contributed by atoms with Gasteiger partial charge in [0.1, 0.15) is 11.6 Å². The Morgan fingerprint density at radius 3 is 2.63 bits per heavy atom. The van der Waals surface area contributed by atoms with Crippen LogP contribution in [0.4, 0.5) is 8.78 Å². The third-order valence-electron chi connectivity index (χ3n) is 3.34. The normalized spacial score (nSPS) is 19.2. The molecule has 1 unspecified atom stereocenters. The summed E-state index contributed by atoms with van der Waals surface area (Å²) < 4.78 is 26.1. The van der Waals surface area contributed by atoms with E-state index in [2.05, 4.69) is 5.32 Å². The number of carbonyl (C=O) groups excluding carboxylic acids is 1. The minimum absolute atomic E-state index is 0.0822. The monoisotopic (exact) mass is 268 g/mol. The van der Waals surface area contributed by atoms with Crippen molar-refractivity contribution in [2.75, 3.05) is 19.6 Å². The first-order valence-electron chi connectivity index (χ1n) is 6.57. The number of nitrogens with one attached hydrogen (secondary N) is 1. The molecular weight excluding hydrogens is 250 g/mol. The highest BCUT2D eigenvalue weighted by molar-refractivity contribution is 5.83.